The van der Waals surface area contributed by atoms with Crippen LogP contribution in [0.3, 0.4) is 0 Å². The van der Waals surface area contributed by atoms with E-state index in [1.165, 1.54) is 4.90 Å². The summed E-state index contributed by atoms with van der Waals surface area (Å²) in [5.41, 5.74) is 4.97. The van der Waals surface area contributed by atoms with Crippen molar-refractivity contribution in [3.63, 3.8) is 0 Å². The summed E-state index contributed by atoms with van der Waals surface area (Å²) >= 11 is 0. The molecule has 1 fully saturated rings. The molecule has 140 valence electrons. The second kappa shape index (κ2) is 8.48. The van der Waals surface area contributed by atoms with Crippen molar-refractivity contribution in [2.75, 3.05) is 13.2 Å². The summed E-state index contributed by atoms with van der Waals surface area (Å²) in [6.45, 7) is 8.85. The summed E-state index contributed by atoms with van der Waals surface area (Å²) in [6, 6.07) is -0.756. The van der Waals surface area contributed by atoms with Crippen molar-refractivity contribution in [1.29, 1.82) is 0 Å². The predicted octanol–water partition coefficient (Wildman–Crippen LogP) is 1.85. The average molecular weight is 349 g/mol. The Kier molecular flexibility index (Phi) is 7.22. The molecule has 0 spiro atoms. The molecule has 8 nitrogen and oxygen atoms in total. The van der Waals surface area contributed by atoms with E-state index in [0.717, 1.165) is 0 Å². The molecule has 0 aromatic carbocycles. The van der Waals surface area contributed by atoms with Crippen LogP contribution >= 0.6 is 0 Å². The first-order valence-corrected chi connectivity index (χ1v) is 7.97. The van der Waals surface area contributed by atoms with Crippen LogP contribution in [0.4, 0.5) is 9.18 Å². The van der Waals surface area contributed by atoms with E-state index in [-0.39, 0.29) is 18.8 Å². The minimum absolute atomic E-state index is 0.00102. The van der Waals surface area contributed by atoms with Crippen LogP contribution in [0.15, 0.2) is 5.16 Å². The number of carbonyl (C=O) groups excluding carboxylic acids is 1. The normalized spacial score (nSPS) is 24.8. The Bertz CT molecular complexity index is 455. The number of rotatable bonds is 6. The van der Waals surface area contributed by atoms with Gasteiger partial charge < -0.3 is 25.2 Å². The molecule has 3 N–H and O–H groups in total. The van der Waals surface area contributed by atoms with Gasteiger partial charge in [0.2, 0.25) is 0 Å². The second-order valence-electron chi connectivity index (χ2n) is 6.64. The number of amides is 1. The minimum Gasteiger partial charge on any atom is -0.444 e. The molecular weight excluding hydrogens is 321 g/mol. The summed E-state index contributed by atoms with van der Waals surface area (Å²) in [7, 11) is 0. The molecule has 0 aromatic rings. The smallest absolute Gasteiger partial charge is 0.410 e. The van der Waals surface area contributed by atoms with Crippen LogP contribution < -0.4 is 5.73 Å². The van der Waals surface area contributed by atoms with Gasteiger partial charge in [0.05, 0.1) is 12.6 Å². The highest BCUT2D eigenvalue weighted by Gasteiger charge is 2.44. The summed E-state index contributed by atoms with van der Waals surface area (Å²) in [5.74, 6) is -0.255. The van der Waals surface area contributed by atoms with Gasteiger partial charge in [0.15, 0.2) is 12.1 Å². The van der Waals surface area contributed by atoms with Crippen molar-refractivity contribution >= 4 is 11.9 Å². The van der Waals surface area contributed by atoms with Crippen LogP contribution in [-0.2, 0) is 14.2 Å². The largest absolute Gasteiger partial charge is 0.444 e. The molecule has 0 aliphatic carbocycles. The maximum atomic E-state index is 14.0. The van der Waals surface area contributed by atoms with Crippen molar-refractivity contribution < 1.29 is 28.6 Å². The molecule has 0 radical (unpaired) electrons. The van der Waals surface area contributed by atoms with Crippen LogP contribution in [0.2, 0.25) is 0 Å². The van der Waals surface area contributed by atoms with Crippen molar-refractivity contribution in [3.8, 4) is 0 Å². The molecule has 0 aromatic heterocycles. The zero-order valence-corrected chi connectivity index (χ0v) is 14.9. The quantitative estimate of drug-likeness (QED) is 0.249. The van der Waals surface area contributed by atoms with Gasteiger partial charge in [-0.2, -0.15) is 0 Å². The molecule has 0 saturated carbocycles. The number of amidine groups is 1. The standard InChI is InChI=1S/C15H28FN3O5/c1-6-22-9(2)23-12(13(17)18-21)11-7-10(16)8-19(11)14(20)24-15(3,4)5/h9-12,21H,6-8H2,1-5H3,(H2,17,18)/t9?,10-,11-,12?/m0/s1. The topological polar surface area (TPSA) is 107 Å². The third kappa shape index (κ3) is 5.79. The molecule has 2 unspecified atom stereocenters. The lowest BCUT2D eigenvalue weighted by molar-refractivity contribution is -0.152. The molecule has 4 atom stereocenters. The Morgan fingerprint density at radius 1 is 1.50 bits per heavy atom. The molecule has 9 heteroatoms. The van der Waals surface area contributed by atoms with E-state index >= 15 is 0 Å². The Morgan fingerprint density at radius 3 is 2.62 bits per heavy atom. The zero-order valence-electron chi connectivity index (χ0n) is 14.9. The lowest BCUT2D eigenvalue weighted by Gasteiger charge is -2.33. The number of carbonyl (C=O) groups is 1. The number of nitrogens with two attached hydrogens (primary N) is 1. The van der Waals surface area contributed by atoms with Crippen LogP contribution in [0.25, 0.3) is 0 Å². The molecule has 1 aliphatic heterocycles. The Hall–Kier alpha value is -1.61. The van der Waals surface area contributed by atoms with Crippen molar-refractivity contribution in [3.05, 3.63) is 0 Å². The van der Waals surface area contributed by atoms with E-state index in [4.69, 9.17) is 25.2 Å². The van der Waals surface area contributed by atoms with Crippen LogP contribution in [0.5, 0.6) is 0 Å². The fourth-order valence-electron chi connectivity index (χ4n) is 2.53. The first-order chi connectivity index (χ1) is 11.1. The summed E-state index contributed by atoms with van der Waals surface area (Å²) in [5, 5.41) is 12.0. The molecule has 1 rings (SSSR count). The molecule has 24 heavy (non-hydrogen) atoms. The van der Waals surface area contributed by atoms with Gasteiger partial charge in [0.1, 0.15) is 17.9 Å². The number of oxime groups is 1. The van der Waals surface area contributed by atoms with Crippen molar-refractivity contribution in [2.24, 2.45) is 10.9 Å². The number of alkyl halides is 1. The highest BCUT2D eigenvalue weighted by molar-refractivity contribution is 5.86. The van der Waals surface area contributed by atoms with Crippen LogP contribution in [0.1, 0.15) is 41.0 Å². The zero-order chi connectivity index (χ0) is 18.5. The van der Waals surface area contributed by atoms with Crippen LogP contribution in [-0.4, -0.2) is 65.4 Å². The molecular formula is C15H28FN3O5. The summed E-state index contributed by atoms with van der Waals surface area (Å²) < 4.78 is 30.2. The average Bonchev–Trinajstić information content (AvgIpc) is 2.84. The number of hydrogen-bond donors (Lipinski definition) is 2. The van der Waals surface area contributed by atoms with E-state index in [0.29, 0.717) is 6.61 Å². The van der Waals surface area contributed by atoms with Crippen LogP contribution in [0, 0.1) is 0 Å². The lowest BCUT2D eigenvalue weighted by atomic mass is 10.1. The highest BCUT2D eigenvalue weighted by atomic mass is 19.1. The van der Waals surface area contributed by atoms with E-state index in [2.05, 4.69) is 5.16 Å². The Labute approximate surface area is 141 Å². The van der Waals surface area contributed by atoms with E-state index in [1.807, 2.05) is 0 Å². The maximum Gasteiger partial charge on any atom is 0.410 e. The molecule has 1 heterocycles. The third-order valence-corrected chi connectivity index (χ3v) is 3.42. The lowest BCUT2D eigenvalue weighted by Crippen LogP contribution is -2.52. The van der Waals surface area contributed by atoms with Gasteiger partial charge >= 0.3 is 6.09 Å². The fraction of sp³-hybridized carbons (Fsp3) is 0.867. The van der Waals surface area contributed by atoms with E-state index < -0.39 is 36.3 Å². The number of halogens is 1. The number of likely N-dealkylation sites (tertiary alicyclic amines) is 1. The molecule has 1 saturated heterocycles. The summed E-state index contributed by atoms with van der Waals surface area (Å²) in [6.07, 6.45) is -3.60. The van der Waals surface area contributed by atoms with Crippen molar-refractivity contribution in [2.45, 2.75) is 71.2 Å². The molecule has 0 bridgehead atoms. The first-order valence-electron chi connectivity index (χ1n) is 7.97. The number of nitrogens with zero attached hydrogens (tertiary/aromatic N) is 2. The molecule has 1 aliphatic rings. The monoisotopic (exact) mass is 349 g/mol. The Morgan fingerprint density at radius 2 is 2.12 bits per heavy atom. The van der Waals surface area contributed by atoms with Gasteiger partial charge in [-0.1, -0.05) is 5.16 Å². The summed E-state index contributed by atoms with van der Waals surface area (Å²) in [4.78, 5) is 13.6. The minimum atomic E-state index is -1.25. The fourth-order valence-corrected chi connectivity index (χ4v) is 2.53. The third-order valence-electron chi connectivity index (χ3n) is 3.42. The first kappa shape index (κ1) is 20.4. The highest BCUT2D eigenvalue weighted by Crippen LogP contribution is 2.27. The van der Waals surface area contributed by atoms with E-state index in [9.17, 15) is 9.18 Å². The van der Waals surface area contributed by atoms with Gasteiger partial charge in [-0.3, -0.25) is 4.90 Å². The van der Waals surface area contributed by atoms with Crippen molar-refractivity contribution in [1.82, 2.24) is 4.90 Å². The number of hydrogen-bond acceptors (Lipinski definition) is 6. The second-order valence-corrected chi connectivity index (χ2v) is 6.64. The van der Waals surface area contributed by atoms with Gasteiger partial charge in [-0.15, -0.1) is 0 Å². The SMILES string of the molecule is CCOC(C)OC(C(N)=NO)[C@@H]1C[C@H](F)CN1C(=O)OC(C)(C)C. The molecule has 1 amide bonds. The number of ether oxygens (including phenoxy) is 3. The van der Waals surface area contributed by atoms with E-state index in [1.54, 1.807) is 34.6 Å². The van der Waals surface area contributed by atoms with Gasteiger partial charge in [0, 0.05) is 13.0 Å². The maximum absolute atomic E-state index is 14.0. The van der Waals surface area contributed by atoms with Gasteiger partial charge in [-0.05, 0) is 34.6 Å². The van der Waals surface area contributed by atoms with Gasteiger partial charge in [-0.25, -0.2) is 9.18 Å². The van der Waals surface area contributed by atoms with Gasteiger partial charge in [0.25, 0.3) is 0 Å². The predicted molar refractivity (Wildman–Crippen MR) is 85.6 cm³/mol. The Balaban J connectivity index is 2.98.